The van der Waals surface area contributed by atoms with Crippen LogP contribution in [0.1, 0.15) is 19.4 Å². The van der Waals surface area contributed by atoms with Gasteiger partial charge in [-0.25, -0.2) is 0 Å². The zero-order valence-electron chi connectivity index (χ0n) is 10.0. The second-order valence-corrected chi connectivity index (χ2v) is 5.13. The molecule has 0 radical (unpaired) electrons. The normalized spacial score (nSPS) is 22.7. The molecule has 1 aromatic rings. The fourth-order valence-electron chi connectivity index (χ4n) is 2.73. The molecule has 84 valence electrons. The number of fused-ring (bicyclic) bond motifs is 1. The summed E-state index contributed by atoms with van der Waals surface area (Å²) < 4.78 is 0. The van der Waals surface area contributed by atoms with E-state index in [0.717, 1.165) is 4.86 Å². The third kappa shape index (κ3) is 1.54. The van der Waals surface area contributed by atoms with Gasteiger partial charge in [-0.15, -0.1) is 0 Å². The molecule has 0 fully saturated rings. The quantitative estimate of drug-likeness (QED) is 0.656. The number of allylic oxidation sites excluding steroid dienone is 6. The van der Waals surface area contributed by atoms with Gasteiger partial charge in [0.25, 0.3) is 0 Å². The molecule has 0 heterocycles. The van der Waals surface area contributed by atoms with Gasteiger partial charge in [-0.3, -0.25) is 0 Å². The summed E-state index contributed by atoms with van der Waals surface area (Å²) in [6.07, 6.45) is 4.58. The van der Waals surface area contributed by atoms with Crippen LogP contribution >= 0.6 is 12.2 Å². The summed E-state index contributed by atoms with van der Waals surface area (Å²) in [6, 6.07) is 10.6. The first-order chi connectivity index (χ1) is 8.18. The summed E-state index contributed by atoms with van der Waals surface area (Å²) in [7, 11) is 0. The summed E-state index contributed by atoms with van der Waals surface area (Å²) in [6.45, 7) is 4.28. The number of hydrogen-bond acceptors (Lipinski definition) is 1. The Morgan fingerprint density at radius 3 is 2.47 bits per heavy atom. The largest absolute Gasteiger partial charge is 0.0795 e. The van der Waals surface area contributed by atoms with Crippen molar-refractivity contribution in [3.8, 4) is 0 Å². The molecule has 2 aliphatic carbocycles. The highest BCUT2D eigenvalue weighted by molar-refractivity contribution is 7.81. The lowest BCUT2D eigenvalue weighted by atomic mass is 9.93. The first-order valence-electron chi connectivity index (χ1n) is 5.89. The van der Waals surface area contributed by atoms with Gasteiger partial charge in [-0.05, 0) is 41.7 Å². The molecule has 0 N–H and O–H groups in total. The Bertz CT molecular complexity index is 585. The molecule has 0 nitrogen and oxygen atoms in total. The molecule has 3 rings (SSSR count). The van der Waals surface area contributed by atoms with Crippen LogP contribution in [0, 0.1) is 5.92 Å². The smallest absolute Gasteiger partial charge is 0.0447 e. The lowest BCUT2D eigenvalue weighted by molar-refractivity contribution is 1.09. The monoisotopic (exact) mass is 238 g/mol. The van der Waals surface area contributed by atoms with Crippen LogP contribution < -0.4 is 0 Å². The Kier molecular flexibility index (Phi) is 2.37. The average Bonchev–Trinajstić information content (AvgIpc) is 2.81. The number of hydrogen-bond donors (Lipinski definition) is 0. The Morgan fingerprint density at radius 1 is 1.06 bits per heavy atom. The van der Waals surface area contributed by atoms with Gasteiger partial charge in [0.2, 0.25) is 0 Å². The molecule has 0 saturated heterocycles. The lowest BCUT2D eigenvalue weighted by Crippen LogP contribution is -2.01. The zero-order valence-corrected chi connectivity index (χ0v) is 10.8. The topological polar surface area (TPSA) is 0 Å². The van der Waals surface area contributed by atoms with Crippen molar-refractivity contribution in [2.45, 2.75) is 13.8 Å². The Morgan fingerprint density at radius 2 is 1.76 bits per heavy atom. The van der Waals surface area contributed by atoms with E-state index in [2.05, 4.69) is 56.3 Å². The molecule has 1 unspecified atom stereocenters. The first-order valence-corrected chi connectivity index (χ1v) is 6.30. The van der Waals surface area contributed by atoms with E-state index in [9.17, 15) is 0 Å². The molecule has 17 heavy (non-hydrogen) atoms. The van der Waals surface area contributed by atoms with Crippen molar-refractivity contribution in [1.82, 2.24) is 0 Å². The van der Waals surface area contributed by atoms with Crippen LogP contribution in [0.3, 0.4) is 0 Å². The van der Waals surface area contributed by atoms with Crippen molar-refractivity contribution in [3.63, 3.8) is 0 Å². The van der Waals surface area contributed by atoms with Gasteiger partial charge in [0.15, 0.2) is 0 Å². The summed E-state index contributed by atoms with van der Waals surface area (Å²) >= 11 is 5.50. The Balaban J connectivity index is 2.08. The fraction of sp³-hybridized carbons (Fsp3) is 0.188. The molecule has 0 aliphatic heterocycles. The zero-order chi connectivity index (χ0) is 12.0. The summed E-state index contributed by atoms with van der Waals surface area (Å²) in [5.74, 6) is 0.393. The van der Waals surface area contributed by atoms with E-state index in [4.69, 9.17) is 12.2 Å². The molecule has 0 aromatic heterocycles. The van der Waals surface area contributed by atoms with E-state index in [1.54, 1.807) is 0 Å². The molecule has 0 saturated carbocycles. The van der Waals surface area contributed by atoms with E-state index in [-0.39, 0.29) is 0 Å². The van der Waals surface area contributed by atoms with Gasteiger partial charge in [-0.1, -0.05) is 54.7 Å². The van der Waals surface area contributed by atoms with Crippen molar-refractivity contribution < 1.29 is 0 Å². The maximum atomic E-state index is 5.50. The minimum Gasteiger partial charge on any atom is -0.0795 e. The number of thiocarbonyl (C=S) groups is 1. The van der Waals surface area contributed by atoms with Gasteiger partial charge < -0.3 is 0 Å². The fourth-order valence-corrected chi connectivity index (χ4v) is 3.08. The maximum Gasteiger partial charge on any atom is 0.0447 e. The molecule has 0 amide bonds. The second kappa shape index (κ2) is 3.78. The number of rotatable bonds is 1. The maximum absolute atomic E-state index is 5.50. The molecule has 0 spiro atoms. The van der Waals surface area contributed by atoms with Gasteiger partial charge in [0, 0.05) is 10.8 Å². The Labute approximate surface area is 107 Å². The van der Waals surface area contributed by atoms with Crippen LogP contribution in [0.5, 0.6) is 0 Å². The molecule has 0 bridgehead atoms. The average molecular weight is 238 g/mol. The molecule has 1 atom stereocenters. The summed E-state index contributed by atoms with van der Waals surface area (Å²) in [4.78, 5) is 1.05. The van der Waals surface area contributed by atoms with Crippen LogP contribution in [0.25, 0.3) is 5.57 Å². The van der Waals surface area contributed by atoms with E-state index in [1.165, 1.54) is 27.9 Å². The van der Waals surface area contributed by atoms with Crippen molar-refractivity contribution in [2.24, 2.45) is 5.92 Å². The van der Waals surface area contributed by atoms with Gasteiger partial charge in [0.05, 0.1) is 0 Å². The van der Waals surface area contributed by atoms with Gasteiger partial charge >= 0.3 is 0 Å². The van der Waals surface area contributed by atoms with Crippen molar-refractivity contribution in [1.29, 1.82) is 0 Å². The van der Waals surface area contributed by atoms with Crippen LogP contribution in [-0.4, -0.2) is 4.86 Å². The van der Waals surface area contributed by atoms with E-state index < -0.39 is 0 Å². The second-order valence-electron chi connectivity index (χ2n) is 4.72. The van der Waals surface area contributed by atoms with E-state index >= 15 is 0 Å². The van der Waals surface area contributed by atoms with Crippen LogP contribution in [0.4, 0.5) is 0 Å². The van der Waals surface area contributed by atoms with E-state index in [1.807, 2.05) is 0 Å². The summed E-state index contributed by atoms with van der Waals surface area (Å²) in [5, 5.41) is 0. The predicted octanol–water partition coefficient (Wildman–Crippen LogP) is 4.35. The van der Waals surface area contributed by atoms with Crippen LogP contribution in [0.15, 0.2) is 59.2 Å². The van der Waals surface area contributed by atoms with Gasteiger partial charge in [0.1, 0.15) is 0 Å². The lowest BCUT2D eigenvalue weighted by Gasteiger charge is -2.10. The third-order valence-corrected chi connectivity index (χ3v) is 4.11. The molecule has 2 aliphatic rings. The molecular formula is C16H14S. The highest BCUT2D eigenvalue weighted by atomic mass is 32.1. The Hall–Kier alpha value is -1.47. The minimum absolute atomic E-state index is 0.393. The molecule has 1 heteroatoms. The SMILES string of the molecule is CC1=CC2C(c3ccccc3)=CC(C)=C2C1=S. The molecular weight excluding hydrogens is 224 g/mol. The van der Waals surface area contributed by atoms with Crippen molar-refractivity contribution in [2.75, 3.05) is 0 Å². The highest BCUT2D eigenvalue weighted by Crippen LogP contribution is 2.44. The standard InChI is InChI=1S/C16H14S/c1-10-8-13(12-6-4-3-5-7-12)14-9-11(2)16(17)15(10)14/h3-9,14H,1-2H3. The molecule has 1 aromatic carbocycles. The van der Waals surface area contributed by atoms with Gasteiger partial charge in [-0.2, -0.15) is 0 Å². The van der Waals surface area contributed by atoms with Crippen LogP contribution in [-0.2, 0) is 0 Å². The van der Waals surface area contributed by atoms with E-state index in [0.29, 0.717) is 5.92 Å². The highest BCUT2D eigenvalue weighted by Gasteiger charge is 2.32. The first kappa shape index (κ1) is 10.7. The number of benzene rings is 1. The minimum atomic E-state index is 0.393. The van der Waals surface area contributed by atoms with Crippen molar-refractivity contribution >= 4 is 22.7 Å². The predicted molar refractivity (Wildman–Crippen MR) is 77.0 cm³/mol. The van der Waals surface area contributed by atoms with Crippen molar-refractivity contribution in [3.05, 3.63) is 64.8 Å². The van der Waals surface area contributed by atoms with Crippen LogP contribution in [0.2, 0.25) is 0 Å². The third-order valence-electron chi connectivity index (χ3n) is 3.57. The summed E-state index contributed by atoms with van der Waals surface area (Å²) in [5.41, 5.74) is 6.61.